The second-order valence-electron chi connectivity index (χ2n) is 30.7. The van der Waals surface area contributed by atoms with Crippen LogP contribution in [0.2, 0.25) is 0 Å². The quantitative estimate of drug-likeness (QED) is 0.145. The van der Waals surface area contributed by atoms with E-state index in [4.69, 9.17) is 0 Å². The number of fused-ring (bicyclic) bond motifs is 8. The predicted octanol–water partition coefficient (Wildman–Crippen LogP) is 20.3. The molecule has 0 aliphatic carbocycles. The molecule has 0 saturated carbocycles. The van der Waals surface area contributed by atoms with Gasteiger partial charge in [0.1, 0.15) is 0 Å². The van der Waals surface area contributed by atoms with E-state index in [1.165, 1.54) is 66.4 Å². The minimum Gasteiger partial charge on any atom is -0.356 e. The topological polar surface area (TPSA) is 28.2 Å². The summed E-state index contributed by atoms with van der Waals surface area (Å²) in [4.78, 5) is 12.8. The Hall–Kier alpha value is -10.4. The molecule has 0 radical (unpaired) electrons. The van der Waals surface area contributed by atoms with E-state index in [1.807, 2.05) is 0 Å². The lowest BCUT2D eigenvalue weighted by molar-refractivity contribution is 0.586. The van der Waals surface area contributed by atoms with Crippen molar-refractivity contribution >= 4 is 143 Å². The lowest BCUT2D eigenvalue weighted by Gasteiger charge is -2.46. The van der Waals surface area contributed by atoms with Crippen molar-refractivity contribution in [1.29, 1.82) is 0 Å². The van der Waals surface area contributed by atoms with Crippen molar-refractivity contribution in [3.63, 3.8) is 0 Å². The Morgan fingerprint density at radius 3 is 0.958 bits per heavy atom. The van der Waals surface area contributed by atoms with Crippen molar-refractivity contribution in [2.45, 2.75) is 105 Å². The van der Waals surface area contributed by atoms with Gasteiger partial charge in [-0.2, -0.15) is 0 Å². The van der Waals surface area contributed by atoms with Gasteiger partial charge in [-0.3, -0.25) is 0 Å². The molecule has 0 aromatic heterocycles. The lowest BCUT2D eigenvalue weighted by Crippen LogP contribution is -2.64. The number of anilines is 17. The molecular formula is C88H82B2N6. The SMILES string of the molecule is CC(C)(C)c1ccccc1N(c1cc2c3c(c1)N(c1ccccc1)c1ccccc1B3c1cc3c(cc1N2)N(c1ccccc1)c1cc(N(c2ccccc2C(C)(C)C)c2ccccc2C(C)(C)C)cc2c1B3c1ccccc1N2c1ccccc1)c1ccccc1C(C)(C)C. The zero-order valence-corrected chi connectivity index (χ0v) is 57.4. The molecule has 0 unspecified atom stereocenters. The summed E-state index contributed by atoms with van der Waals surface area (Å²) in [6, 6.07) is 103. The van der Waals surface area contributed by atoms with Crippen LogP contribution in [-0.4, -0.2) is 13.4 Å². The van der Waals surface area contributed by atoms with Gasteiger partial charge in [0.05, 0.1) is 11.4 Å². The molecule has 8 heteroatoms. The molecule has 6 nitrogen and oxygen atoms in total. The molecule has 4 heterocycles. The minimum absolute atomic E-state index is 0.133. The fraction of sp³-hybridized carbons (Fsp3) is 0.182. The molecule has 0 bridgehead atoms. The van der Waals surface area contributed by atoms with E-state index < -0.39 is 0 Å². The van der Waals surface area contributed by atoms with Gasteiger partial charge in [0, 0.05) is 85.3 Å². The summed E-state index contributed by atoms with van der Waals surface area (Å²) >= 11 is 0. The van der Waals surface area contributed by atoms with E-state index >= 15 is 0 Å². The van der Waals surface area contributed by atoms with Gasteiger partial charge in [-0.25, -0.2) is 0 Å². The Balaban J connectivity index is 1.00. The second-order valence-corrected chi connectivity index (χ2v) is 30.7. The predicted molar refractivity (Wildman–Crippen MR) is 414 cm³/mol. The van der Waals surface area contributed by atoms with Crippen LogP contribution in [0.5, 0.6) is 0 Å². The molecule has 4 aliphatic heterocycles. The second kappa shape index (κ2) is 22.6. The molecule has 0 spiro atoms. The van der Waals surface area contributed by atoms with Gasteiger partial charge in [0.2, 0.25) is 0 Å². The fourth-order valence-electron chi connectivity index (χ4n) is 16.1. The molecular weight excluding hydrogens is 1160 g/mol. The highest BCUT2D eigenvalue weighted by molar-refractivity contribution is 7.03. The maximum atomic E-state index is 4.34. The van der Waals surface area contributed by atoms with Crippen molar-refractivity contribution in [1.82, 2.24) is 0 Å². The highest BCUT2D eigenvalue weighted by Crippen LogP contribution is 2.53. The monoisotopic (exact) mass is 1240 g/mol. The smallest absolute Gasteiger partial charge is 0.252 e. The van der Waals surface area contributed by atoms with Gasteiger partial charge in [0.15, 0.2) is 0 Å². The molecule has 4 aliphatic rings. The van der Waals surface area contributed by atoms with E-state index in [0.717, 1.165) is 85.3 Å². The minimum atomic E-state index is -0.180. The van der Waals surface area contributed by atoms with Crippen LogP contribution in [0, 0.1) is 0 Å². The van der Waals surface area contributed by atoms with Crippen molar-refractivity contribution in [3.8, 4) is 0 Å². The van der Waals surface area contributed by atoms with Gasteiger partial charge < -0.3 is 29.8 Å². The number of hydrogen-bond donors (Lipinski definition) is 1. The summed E-state index contributed by atoms with van der Waals surface area (Å²) in [5.74, 6) is 0. The van der Waals surface area contributed by atoms with Crippen LogP contribution in [-0.2, 0) is 21.7 Å². The number of nitrogens with zero attached hydrogens (tertiary/aromatic N) is 5. The molecule has 0 saturated heterocycles. The zero-order chi connectivity index (χ0) is 66.2. The molecule has 16 rings (SSSR count). The summed E-state index contributed by atoms with van der Waals surface area (Å²) in [7, 11) is 0. The van der Waals surface area contributed by atoms with E-state index in [2.05, 4.69) is 386 Å². The Labute approximate surface area is 569 Å². The first-order valence-electron chi connectivity index (χ1n) is 34.2. The number of nitrogens with one attached hydrogen (secondary N) is 1. The van der Waals surface area contributed by atoms with E-state index in [1.54, 1.807) is 0 Å². The van der Waals surface area contributed by atoms with Gasteiger partial charge in [0.25, 0.3) is 13.4 Å². The van der Waals surface area contributed by atoms with Crippen LogP contribution in [0.4, 0.5) is 96.7 Å². The average Bonchev–Trinajstić information content (AvgIpc) is 0.691. The van der Waals surface area contributed by atoms with Crippen LogP contribution in [0.3, 0.4) is 0 Å². The van der Waals surface area contributed by atoms with E-state index in [0.29, 0.717) is 0 Å². The molecule has 0 atom stereocenters. The van der Waals surface area contributed by atoms with Crippen molar-refractivity contribution in [2.75, 3.05) is 29.8 Å². The molecule has 470 valence electrons. The highest BCUT2D eigenvalue weighted by atomic mass is 15.2. The molecule has 1 N–H and O–H groups in total. The molecule has 0 amide bonds. The first-order valence-corrected chi connectivity index (χ1v) is 34.2. The maximum absolute atomic E-state index is 4.34. The Morgan fingerprint density at radius 2 is 0.573 bits per heavy atom. The maximum Gasteiger partial charge on any atom is 0.252 e. The number of hydrogen-bond acceptors (Lipinski definition) is 6. The Kier molecular flexibility index (Phi) is 14.3. The summed E-state index contributed by atoms with van der Waals surface area (Å²) in [5.41, 5.74) is 31.2. The van der Waals surface area contributed by atoms with Crippen molar-refractivity contribution in [2.24, 2.45) is 0 Å². The molecule has 96 heavy (non-hydrogen) atoms. The summed E-state index contributed by atoms with van der Waals surface area (Å²) < 4.78 is 0. The van der Waals surface area contributed by atoms with Crippen LogP contribution in [0.15, 0.2) is 273 Å². The first kappa shape index (κ1) is 60.5. The number of para-hydroxylation sites is 9. The zero-order valence-electron chi connectivity index (χ0n) is 57.4. The first-order chi connectivity index (χ1) is 46.2. The van der Waals surface area contributed by atoms with E-state index in [-0.39, 0.29) is 35.1 Å². The number of rotatable bonds is 9. The third-order valence-electron chi connectivity index (χ3n) is 20.2. The third-order valence-corrected chi connectivity index (χ3v) is 20.2. The van der Waals surface area contributed by atoms with Gasteiger partial charge in [-0.05, 0) is 180 Å². The van der Waals surface area contributed by atoms with Gasteiger partial charge in [-0.15, -0.1) is 0 Å². The highest BCUT2D eigenvalue weighted by Gasteiger charge is 2.48. The van der Waals surface area contributed by atoms with Crippen LogP contribution in [0.25, 0.3) is 0 Å². The van der Waals surface area contributed by atoms with Gasteiger partial charge in [-0.1, -0.05) is 253 Å². The van der Waals surface area contributed by atoms with Crippen molar-refractivity contribution < 1.29 is 0 Å². The van der Waals surface area contributed by atoms with Crippen molar-refractivity contribution in [3.05, 3.63) is 295 Å². The molecule has 12 aromatic carbocycles. The number of benzene rings is 12. The van der Waals surface area contributed by atoms with Crippen LogP contribution >= 0.6 is 0 Å². The molecule has 0 fully saturated rings. The normalized spacial score (nSPS) is 13.6. The summed E-state index contributed by atoms with van der Waals surface area (Å²) in [6.07, 6.45) is 0. The van der Waals surface area contributed by atoms with Gasteiger partial charge >= 0.3 is 0 Å². The summed E-state index contributed by atoms with van der Waals surface area (Å²) in [6.45, 7) is 27.8. The lowest BCUT2D eigenvalue weighted by atomic mass is 9.30. The average molecular weight is 1250 g/mol. The van der Waals surface area contributed by atoms with Crippen LogP contribution in [0.1, 0.15) is 105 Å². The van der Waals surface area contributed by atoms with E-state index in [9.17, 15) is 0 Å². The van der Waals surface area contributed by atoms with Crippen LogP contribution < -0.4 is 62.6 Å². The standard InChI is InChI=1S/C88H82B2N6/c1-85(2,3)63-40-22-28-46-73(63)95(74-47-29-23-41-64(74)86(4,5)6)61-52-72-83-80(53-61)92(58-34-16-13-17-35-58)77-50-32-26-44-67(77)89(83)69-56-70-79(57-71(69)91-72)94(60-38-20-15-21-39-60)82-55-62(54-81-84(82)90(70)68-45-27-33-51-78(68)93(81)59-36-18-14-19-37-59)96(75-48-30-24-42-65(75)87(7,8)9)76-49-31-25-43-66(76)88(10,11)12/h13-57,91H,1-12H3. The Bertz CT molecular complexity index is 4900. The largest absolute Gasteiger partial charge is 0.356 e. The molecule has 12 aromatic rings. The third kappa shape index (κ3) is 9.93. The fourth-order valence-corrected chi connectivity index (χ4v) is 16.1. The Morgan fingerprint density at radius 1 is 0.260 bits per heavy atom. The summed E-state index contributed by atoms with van der Waals surface area (Å²) in [5, 5.41) is 4.34.